The lowest BCUT2D eigenvalue weighted by atomic mass is 10.0. The zero-order valence-corrected chi connectivity index (χ0v) is 20.7. The molecule has 0 amide bonds. The molecule has 10 heteroatoms. The maximum atomic E-state index is 13.9. The summed E-state index contributed by atoms with van der Waals surface area (Å²) >= 11 is 0. The molecule has 8 nitrogen and oxygen atoms in total. The van der Waals surface area contributed by atoms with Gasteiger partial charge in [0.1, 0.15) is 22.7 Å². The Morgan fingerprint density at radius 2 is 1.84 bits per heavy atom. The number of fused-ring (bicyclic) bond motifs is 1. The highest BCUT2D eigenvalue weighted by Crippen LogP contribution is 2.48. The molecular formula is C27H24FNO7S. The second-order valence-electron chi connectivity index (χ2n) is 8.91. The highest BCUT2D eigenvalue weighted by Gasteiger charge is 2.33. The molecule has 37 heavy (non-hydrogen) atoms. The first-order valence-corrected chi connectivity index (χ1v) is 13.5. The van der Waals surface area contributed by atoms with Crippen LogP contribution in [0.5, 0.6) is 11.5 Å². The van der Waals surface area contributed by atoms with Crippen molar-refractivity contribution >= 4 is 32.6 Å². The van der Waals surface area contributed by atoms with Crippen LogP contribution in [0.2, 0.25) is 0 Å². The van der Waals surface area contributed by atoms with E-state index in [2.05, 4.69) is 0 Å². The predicted octanol–water partition coefficient (Wildman–Crippen LogP) is 5.37. The SMILES string of the molecule is CS(=O)(=O)N(CCO)c1cc2oc(-c3ccc(Oc4ccccc4F)cc3)c(C(=O)O)c2cc1C1CC1. The molecule has 3 aromatic carbocycles. The summed E-state index contributed by atoms with van der Waals surface area (Å²) in [6.07, 6.45) is 2.77. The van der Waals surface area contributed by atoms with Gasteiger partial charge in [0.15, 0.2) is 11.6 Å². The van der Waals surface area contributed by atoms with Crippen LogP contribution in [0.25, 0.3) is 22.3 Å². The molecule has 192 valence electrons. The van der Waals surface area contributed by atoms with Gasteiger partial charge in [-0.25, -0.2) is 17.6 Å². The van der Waals surface area contributed by atoms with Gasteiger partial charge in [-0.1, -0.05) is 12.1 Å². The summed E-state index contributed by atoms with van der Waals surface area (Å²) in [6.45, 7) is -0.507. The number of furan rings is 1. The number of aliphatic hydroxyl groups excluding tert-OH is 1. The fraction of sp³-hybridized carbons (Fsp3) is 0.222. The van der Waals surface area contributed by atoms with E-state index in [9.17, 15) is 27.8 Å². The number of ether oxygens (including phenoxy) is 1. The Labute approximate surface area is 212 Å². The third-order valence-corrected chi connectivity index (χ3v) is 7.40. The molecule has 5 rings (SSSR count). The third-order valence-electron chi connectivity index (χ3n) is 6.22. The number of aliphatic hydroxyl groups is 1. The second kappa shape index (κ2) is 9.53. The van der Waals surface area contributed by atoms with E-state index in [1.54, 1.807) is 42.5 Å². The van der Waals surface area contributed by atoms with Crippen molar-refractivity contribution in [3.05, 3.63) is 77.6 Å². The molecule has 1 fully saturated rings. The molecular weight excluding hydrogens is 501 g/mol. The molecule has 0 atom stereocenters. The molecule has 0 saturated heterocycles. The van der Waals surface area contributed by atoms with Crippen LogP contribution in [0.3, 0.4) is 0 Å². The Morgan fingerprint density at radius 3 is 2.43 bits per heavy atom. The number of rotatable bonds is 9. The van der Waals surface area contributed by atoms with E-state index >= 15 is 0 Å². The Bertz CT molecular complexity index is 1590. The number of hydrogen-bond acceptors (Lipinski definition) is 6. The maximum Gasteiger partial charge on any atom is 0.340 e. The van der Waals surface area contributed by atoms with Gasteiger partial charge in [-0.3, -0.25) is 4.31 Å². The lowest BCUT2D eigenvalue weighted by Gasteiger charge is -2.24. The number of carbonyl (C=O) groups is 1. The lowest BCUT2D eigenvalue weighted by Crippen LogP contribution is -2.33. The minimum atomic E-state index is -3.71. The van der Waals surface area contributed by atoms with Crippen LogP contribution >= 0.6 is 0 Å². The quantitative estimate of drug-likeness (QED) is 0.302. The van der Waals surface area contributed by atoms with E-state index in [0.29, 0.717) is 28.0 Å². The fourth-order valence-corrected chi connectivity index (χ4v) is 5.32. The molecule has 2 N–H and O–H groups in total. The summed E-state index contributed by atoms with van der Waals surface area (Å²) in [6, 6.07) is 15.6. The smallest absolute Gasteiger partial charge is 0.340 e. The Morgan fingerprint density at radius 1 is 1.14 bits per heavy atom. The third kappa shape index (κ3) is 4.90. The number of hydrogen-bond donors (Lipinski definition) is 2. The topological polar surface area (TPSA) is 117 Å². The number of carboxylic acid groups (broad SMARTS) is 1. The van der Waals surface area contributed by atoms with Crippen molar-refractivity contribution in [2.24, 2.45) is 0 Å². The molecule has 1 saturated carbocycles. The van der Waals surface area contributed by atoms with E-state index in [0.717, 1.165) is 23.4 Å². The molecule has 1 aliphatic carbocycles. The van der Waals surface area contributed by atoms with E-state index in [1.807, 2.05) is 0 Å². The molecule has 1 heterocycles. The van der Waals surface area contributed by atoms with Crippen molar-refractivity contribution in [2.45, 2.75) is 18.8 Å². The lowest BCUT2D eigenvalue weighted by molar-refractivity contribution is 0.0699. The molecule has 0 radical (unpaired) electrons. The Kier molecular flexibility index (Phi) is 6.38. The predicted molar refractivity (Wildman–Crippen MR) is 136 cm³/mol. The van der Waals surface area contributed by atoms with Crippen LogP contribution in [0, 0.1) is 5.82 Å². The van der Waals surface area contributed by atoms with E-state index < -0.39 is 21.8 Å². The number of nitrogens with zero attached hydrogens (tertiary/aromatic N) is 1. The van der Waals surface area contributed by atoms with Gasteiger partial charge in [0.2, 0.25) is 10.0 Å². The Hall–Kier alpha value is -3.89. The highest BCUT2D eigenvalue weighted by molar-refractivity contribution is 7.92. The second-order valence-corrected chi connectivity index (χ2v) is 10.8. The summed E-state index contributed by atoms with van der Waals surface area (Å²) in [5.74, 6) is -1.09. The number of para-hydroxylation sites is 1. The largest absolute Gasteiger partial charge is 0.478 e. The summed E-state index contributed by atoms with van der Waals surface area (Å²) in [5.41, 5.74) is 1.70. The minimum absolute atomic E-state index is 0.0423. The van der Waals surface area contributed by atoms with Gasteiger partial charge in [-0.15, -0.1) is 0 Å². The minimum Gasteiger partial charge on any atom is -0.478 e. The summed E-state index contributed by atoms with van der Waals surface area (Å²) in [4.78, 5) is 12.3. The van der Waals surface area contributed by atoms with Gasteiger partial charge >= 0.3 is 5.97 Å². The standard InChI is InChI=1S/C27H24FNO7S/c1-37(33,34)29(12-13-30)22-15-24-20(14-19(22)16-6-7-16)25(27(31)32)26(36-24)17-8-10-18(11-9-17)35-23-5-3-2-4-21(23)28/h2-5,8-11,14-16,30H,6-7,12-13H2,1H3,(H,31,32). The van der Waals surface area contributed by atoms with Crippen LogP contribution < -0.4 is 9.04 Å². The highest BCUT2D eigenvalue weighted by atomic mass is 32.2. The van der Waals surface area contributed by atoms with Crippen LogP contribution in [-0.4, -0.2) is 44.0 Å². The fourth-order valence-electron chi connectivity index (χ4n) is 4.39. The number of sulfonamides is 1. The monoisotopic (exact) mass is 525 g/mol. The normalized spacial score (nSPS) is 13.6. The summed E-state index contributed by atoms with van der Waals surface area (Å²) in [7, 11) is -3.71. The number of carboxylic acids is 1. The van der Waals surface area contributed by atoms with E-state index in [1.165, 1.54) is 18.2 Å². The van der Waals surface area contributed by atoms with Crippen molar-refractivity contribution in [3.63, 3.8) is 0 Å². The van der Waals surface area contributed by atoms with Crippen molar-refractivity contribution in [2.75, 3.05) is 23.7 Å². The first-order valence-electron chi connectivity index (χ1n) is 11.6. The number of aromatic carboxylic acids is 1. The van der Waals surface area contributed by atoms with E-state index in [4.69, 9.17) is 9.15 Å². The average Bonchev–Trinajstić information content (AvgIpc) is 3.63. The molecule has 4 aromatic rings. The molecule has 0 aliphatic heterocycles. The number of halogens is 1. The van der Waals surface area contributed by atoms with Gasteiger partial charge in [-0.2, -0.15) is 0 Å². The number of anilines is 1. The van der Waals surface area contributed by atoms with Crippen molar-refractivity contribution in [1.29, 1.82) is 0 Å². The molecule has 0 unspecified atom stereocenters. The van der Waals surface area contributed by atoms with Gasteiger partial charge in [0.05, 0.1) is 25.1 Å². The first kappa shape index (κ1) is 24.8. The first-order chi connectivity index (χ1) is 17.7. The van der Waals surface area contributed by atoms with E-state index in [-0.39, 0.29) is 41.7 Å². The number of benzene rings is 3. The average molecular weight is 526 g/mol. The molecule has 0 spiro atoms. The zero-order valence-electron chi connectivity index (χ0n) is 19.8. The van der Waals surface area contributed by atoms with Crippen molar-refractivity contribution < 1.29 is 37.0 Å². The van der Waals surface area contributed by atoms with Crippen LogP contribution in [0.15, 0.2) is 65.1 Å². The van der Waals surface area contributed by atoms with Gasteiger partial charge in [-0.05, 0) is 66.8 Å². The van der Waals surface area contributed by atoms with Crippen molar-refractivity contribution in [1.82, 2.24) is 0 Å². The molecule has 1 aliphatic rings. The van der Waals surface area contributed by atoms with Crippen LogP contribution in [-0.2, 0) is 10.0 Å². The molecule has 0 bridgehead atoms. The van der Waals surface area contributed by atoms with Gasteiger partial charge in [0, 0.05) is 17.0 Å². The molecule has 1 aromatic heterocycles. The summed E-state index contributed by atoms with van der Waals surface area (Å²) < 4.78 is 51.6. The maximum absolute atomic E-state index is 13.9. The summed E-state index contributed by atoms with van der Waals surface area (Å²) in [5, 5.41) is 19.9. The Balaban J connectivity index is 1.60. The van der Waals surface area contributed by atoms with Gasteiger partial charge in [0.25, 0.3) is 0 Å². The van der Waals surface area contributed by atoms with Crippen molar-refractivity contribution in [3.8, 4) is 22.8 Å². The zero-order chi connectivity index (χ0) is 26.3. The van der Waals surface area contributed by atoms with Gasteiger partial charge < -0.3 is 19.4 Å². The van der Waals surface area contributed by atoms with Crippen LogP contribution in [0.4, 0.5) is 10.1 Å². The van der Waals surface area contributed by atoms with Crippen LogP contribution in [0.1, 0.15) is 34.7 Å².